The van der Waals surface area contributed by atoms with Crippen LogP contribution in [0.3, 0.4) is 0 Å². The van der Waals surface area contributed by atoms with Gasteiger partial charge in [0.1, 0.15) is 0 Å². The Balaban J connectivity index is 0.000000190. The van der Waals surface area contributed by atoms with Gasteiger partial charge in [-0.2, -0.15) is 0 Å². The number of anilines is 1. The van der Waals surface area contributed by atoms with Crippen molar-refractivity contribution in [1.29, 1.82) is 0 Å². The lowest BCUT2D eigenvalue weighted by molar-refractivity contribution is 0.729. The van der Waals surface area contributed by atoms with Crippen LogP contribution in [0.25, 0.3) is 16.7 Å². The van der Waals surface area contributed by atoms with Crippen molar-refractivity contribution in [2.45, 2.75) is 37.6 Å². The number of nitrogens with one attached hydrogen (secondary N) is 3. The van der Waals surface area contributed by atoms with Gasteiger partial charge in [-0.15, -0.1) is 11.8 Å². The topological polar surface area (TPSA) is 36.1 Å². The number of benzene rings is 4. The first-order valence-corrected chi connectivity index (χ1v) is 16.4. The summed E-state index contributed by atoms with van der Waals surface area (Å²) >= 11 is 1.78. The summed E-state index contributed by atoms with van der Waals surface area (Å²) in [5.74, 6) is 0. The van der Waals surface area contributed by atoms with Gasteiger partial charge in [0.25, 0.3) is 0 Å². The number of hydrogen-bond acceptors (Lipinski definition) is 4. The van der Waals surface area contributed by atoms with E-state index in [1.165, 1.54) is 38.3 Å². The summed E-state index contributed by atoms with van der Waals surface area (Å²) in [4.78, 5) is 1.30. The van der Waals surface area contributed by atoms with Crippen LogP contribution in [0, 0.1) is 0 Å². The van der Waals surface area contributed by atoms with E-state index < -0.39 is 0 Å². The highest BCUT2D eigenvalue weighted by molar-refractivity contribution is 7.98. The molecule has 0 spiro atoms. The van der Waals surface area contributed by atoms with Crippen LogP contribution in [0.1, 0.15) is 49.4 Å². The lowest BCUT2D eigenvalue weighted by Crippen LogP contribution is -2.19. The minimum Gasteiger partial charge on any atom is -0.367 e. The second-order valence-corrected chi connectivity index (χ2v) is 11.0. The van der Waals surface area contributed by atoms with Gasteiger partial charge in [-0.25, -0.2) is 5.43 Å². The van der Waals surface area contributed by atoms with Crippen molar-refractivity contribution < 1.29 is 0 Å². The first-order valence-electron chi connectivity index (χ1n) is 15.2. The SMILES string of the molecule is C=C1/C=C\C=C/N/C=C(/c2ccccc2SC)CCC1=C.CC.c1ccc(-c2cccc(C3NNc4ccccc43)c2)cc1. The maximum Gasteiger partial charge on any atom is 0.0780 e. The quantitative estimate of drug-likeness (QED) is 0.205. The molecule has 4 heteroatoms. The fourth-order valence-corrected chi connectivity index (χ4v) is 5.71. The first-order chi connectivity index (χ1) is 21.6. The van der Waals surface area contributed by atoms with Crippen LogP contribution < -0.4 is 16.2 Å². The summed E-state index contributed by atoms with van der Waals surface area (Å²) in [6, 6.07) is 36.3. The average molecular weight is 598 g/mol. The smallest absolute Gasteiger partial charge is 0.0780 e. The van der Waals surface area contributed by atoms with Crippen molar-refractivity contribution in [2.24, 2.45) is 0 Å². The molecule has 0 aromatic heterocycles. The number of rotatable bonds is 4. The Morgan fingerprint density at radius 3 is 2.30 bits per heavy atom. The van der Waals surface area contributed by atoms with Gasteiger partial charge in [-0.3, -0.25) is 0 Å². The molecule has 4 aromatic carbocycles. The van der Waals surface area contributed by atoms with E-state index in [0.29, 0.717) is 0 Å². The number of hydrazine groups is 1. The molecule has 6 rings (SSSR count). The lowest BCUT2D eigenvalue weighted by atomic mass is 9.96. The van der Waals surface area contributed by atoms with E-state index in [2.05, 4.69) is 139 Å². The van der Waals surface area contributed by atoms with Gasteiger partial charge in [0.05, 0.1) is 11.7 Å². The third-order valence-corrected chi connectivity index (χ3v) is 8.21. The molecule has 0 aliphatic carbocycles. The number of fused-ring (bicyclic) bond motifs is 1. The van der Waals surface area contributed by atoms with Crippen molar-refractivity contribution in [2.75, 3.05) is 11.7 Å². The van der Waals surface area contributed by atoms with Crippen LogP contribution in [-0.4, -0.2) is 6.26 Å². The highest BCUT2D eigenvalue weighted by Gasteiger charge is 2.22. The van der Waals surface area contributed by atoms with E-state index in [1.807, 2.05) is 44.3 Å². The van der Waals surface area contributed by atoms with Crippen molar-refractivity contribution in [1.82, 2.24) is 10.7 Å². The number of hydrogen-bond donors (Lipinski definition) is 3. The molecule has 0 bridgehead atoms. The van der Waals surface area contributed by atoms with Crippen LogP contribution >= 0.6 is 11.8 Å². The minimum absolute atomic E-state index is 0.199. The Kier molecular flexibility index (Phi) is 12.5. The molecule has 0 saturated heterocycles. The van der Waals surface area contributed by atoms with Crippen LogP contribution in [0.2, 0.25) is 0 Å². The fraction of sp³-hybridized carbons (Fsp3) is 0.150. The van der Waals surface area contributed by atoms with Gasteiger partial charge in [0.2, 0.25) is 0 Å². The van der Waals surface area contributed by atoms with E-state index in [0.717, 1.165) is 29.7 Å². The Morgan fingerprint density at radius 2 is 1.48 bits per heavy atom. The van der Waals surface area contributed by atoms with Gasteiger partial charge < -0.3 is 10.7 Å². The highest BCUT2D eigenvalue weighted by Crippen LogP contribution is 2.34. The van der Waals surface area contributed by atoms with Crippen LogP contribution in [0.4, 0.5) is 5.69 Å². The first kappa shape index (κ1) is 32.4. The Labute approximate surface area is 268 Å². The molecule has 2 aliphatic heterocycles. The van der Waals surface area contributed by atoms with Gasteiger partial charge in [-0.05, 0) is 87.9 Å². The molecule has 2 heterocycles. The molecular weight excluding hydrogens is 555 g/mol. The van der Waals surface area contributed by atoms with Gasteiger partial charge in [0.15, 0.2) is 0 Å². The van der Waals surface area contributed by atoms with E-state index in [-0.39, 0.29) is 6.04 Å². The van der Waals surface area contributed by atoms with Crippen molar-refractivity contribution in [3.8, 4) is 11.1 Å². The van der Waals surface area contributed by atoms with Crippen molar-refractivity contribution in [3.05, 3.63) is 175 Å². The summed E-state index contributed by atoms with van der Waals surface area (Å²) in [5, 5.41) is 3.25. The summed E-state index contributed by atoms with van der Waals surface area (Å²) in [6.07, 6.45) is 13.9. The third kappa shape index (κ3) is 8.53. The Bertz CT molecular complexity index is 1630. The molecule has 0 saturated carbocycles. The maximum absolute atomic E-state index is 4.14. The largest absolute Gasteiger partial charge is 0.367 e. The monoisotopic (exact) mass is 597 g/mol. The number of allylic oxidation sites excluding steroid dienone is 6. The van der Waals surface area contributed by atoms with Gasteiger partial charge in [-0.1, -0.05) is 124 Å². The standard InChI is InChI=1S/C19H16N2.C19H21NS.C2H6/c1-2-7-14(8-3-1)15-9-6-10-16(13-15)19-17-11-4-5-12-18(17)20-21-19;1-15-8-6-7-13-20-14-17(12-11-16(15)2)18-9-4-5-10-19(18)21-3;1-2/h1-13,19-21H;4-10,13-14,20H,1-2,11-12H2,3H3;1-2H3/b;8-6-,13-7-,17-14+;. The van der Waals surface area contributed by atoms with Gasteiger partial charge >= 0.3 is 0 Å². The van der Waals surface area contributed by atoms with Crippen molar-refractivity contribution >= 4 is 23.0 Å². The molecule has 0 fully saturated rings. The normalized spacial score (nSPS) is 18.2. The lowest BCUT2D eigenvalue weighted by Gasteiger charge is -2.13. The molecule has 0 amide bonds. The molecule has 224 valence electrons. The zero-order valence-corrected chi connectivity index (χ0v) is 26.8. The second kappa shape index (κ2) is 17.0. The zero-order valence-electron chi connectivity index (χ0n) is 26.0. The molecule has 4 aromatic rings. The summed E-state index contributed by atoms with van der Waals surface area (Å²) in [5.41, 5.74) is 17.5. The number of para-hydroxylation sites is 1. The second-order valence-electron chi connectivity index (χ2n) is 10.2. The summed E-state index contributed by atoms with van der Waals surface area (Å²) in [6.45, 7) is 12.2. The Hall–Kier alpha value is -4.51. The van der Waals surface area contributed by atoms with Crippen molar-refractivity contribution in [3.63, 3.8) is 0 Å². The van der Waals surface area contributed by atoms with Gasteiger partial charge in [0, 0.05) is 17.3 Å². The molecule has 1 atom stereocenters. The van der Waals surface area contributed by atoms with E-state index in [9.17, 15) is 0 Å². The molecule has 3 nitrogen and oxygen atoms in total. The summed E-state index contributed by atoms with van der Waals surface area (Å²) < 4.78 is 0. The zero-order chi connectivity index (χ0) is 31.1. The predicted molar refractivity (Wildman–Crippen MR) is 193 cm³/mol. The number of thioether (sulfide) groups is 1. The van der Waals surface area contributed by atoms with E-state index in [4.69, 9.17) is 0 Å². The molecule has 2 aliphatic rings. The third-order valence-electron chi connectivity index (χ3n) is 7.41. The summed E-state index contributed by atoms with van der Waals surface area (Å²) in [7, 11) is 0. The maximum atomic E-state index is 4.14. The molecule has 0 radical (unpaired) electrons. The van der Waals surface area contributed by atoms with E-state index >= 15 is 0 Å². The minimum atomic E-state index is 0.199. The Morgan fingerprint density at radius 1 is 0.750 bits per heavy atom. The molecule has 3 N–H and O–H groups in total. The fourth-order valence-electron chi connectivity index (χ4n) is 5.07. The van der Waals surface area contributed by atoms with Crippen LogP contribution in [0.5, 0.6) is 0 Å². The molecule has 1 unspecified atom stereocenters. The van der Waals surface area contributed by atoms with E-state index in [1.54, 1.807) is 11.8 Å². The molecular formula is C40H43N3S. The predicted octanol–water partition coefficient (Wildman–Crippen LogP) is 10.7. The van der Waals surface area contributed by atoms with Crippen LogP contribution in [-0.2, 0) is 0 Å². The molecule has 44 heavy (non-hydrogen) atoms. The average Bonchev–Trinajstić information content (AvgIpc) is 3.52. The highest BCUT2D eigenvalue weighted by atomic mass is 32.2. The van der Waals surface area contributed by atoms with Crippen LogP contribution in [0.15, 0.2) is 163 Å².